The maximum absolute atomic E-state index is 13.4. The Morgan fingerprint density at radius 1 is 1.21 bits per heavy atom. The summed E-state index contributed by atoms with van der Waals surface area (Å²) in [6.07, 6.45) is 1.59. The number of ether oxygens (including phenoxy) is 1. The number of carbonyl (C=O) groups excluding carboxylic acids is 2. The number of hydrogen-bond donors (Lipinski definition) is 2. The molecule has 1 saturated heterocycles. The van der Waals surface area contributed by atoms with E-state index >= 15 is 0 Å². The minimum atomic E-state index is -1.60. The van der Waals surface area contributed by atoms with E-state index in [0.717, 1.165) is 23.9 Å². The van der Waals surface area contributed by atoms with Crippen molar-refractivity contribution in [2.24, 2.45) is 10.7 Å². The average molecular weight is 407 g/mol. The summed E-state index contributed by atoms with van der Waals surface area (Å²) < 4.78 is 45.0. The number of amides is 2. The van der Waals surface area contributed by atoms with Crippen LogP contribution in [0.2, 0.25) is 0 Å². The molecule has 0 spiro atoms. The quantitative estimate of drug-likeness (QED) is 0.742. The van der Waals surface area contributed by atoms with Crippen LogP contribution in [0.5, 0.6) is 5.75 Å². The van der Waals surface area contributed by atoms with Gasteiger partial charge in [0.25, 0.3) is 11.1 Å². The van der Waals surface area contributed by atoms with Crippen LogP contribution in [-0.4, -0.2) is 23.6 Å². The molecule has 2 aromatic rings. The van der Waals surface area contributed by atoms with Gasteiger partial charge in [-0.15, -0.1) is 0 Å². The maximum atomic E-state index is 13.4. The van der Waals surface area contributed by atoms with E-state index in [0.29, 0.717) is 16.2 Å². The Bertz CT molecular complexity index is 1000. The highest BCUT2D eigenvalue weighted by Crippen LogP contribution is 2.30. The van der Waals surface area contributed by atoms with E-state index in [1.165, 1.54) is 0 Å². The van der Waals surface area contributed by atoms with Gasteiger partial charge in [0.2, 0.25) is 0 Å². The van der Waals surface area contributed by atoms with Crippen molar-refractivity contribution in [3.05, 3.63) is 64.3 Å². The van der Waals surface area contributed by atoms with Crippen LogP contribution < -0.4 is 15.8 Å². The van der Waals surface area contributed by atoms with Crippen LogP contribution in [0.4, 0.5) is 23.7 Å². The summed E-state index contributed by atoms with van der Waals surface area (Å²) in [7, 11) is 0. The maximum Gasteiger partial charge on any atom is 0.289 e. The predicted octanol–water partition coefficient (Wildman–Crippen LogP) is 3.50. The third-order valence-electron chi connectivity index (χ3n) is 3.40. The molecule has 0 saturated carbocycles. The minimum absolute atomic E-state index is 0.0591. The number of nitrogens with zero attached hydrogens (tertiary/aromatic N) is 1. The van der Waals surface area contributed by atoms with Gasteiger partial charge in [-0.1, -0.05) is 12.1 Å². The van der Waals surface area contributed by atoms with Gasteiger partial charge in [-0.25, -0.2) is 18.2 Å². The molecule has 144 valence electrons. The topological polar surface area (TPSA) is 93.8 Å². The fraction of sp³-hybridized carbons (Fsp3) is 0.0556. The lowest BCUT2D eigenvalue weighted by Gasteiger charge is -2.05. The molecule has 0 aliphatic carbocycles. The number of hydrogen-bond acceptors (Lipinski definition) is 5. The molecule has 2 aromatic carbocycles. The molecule has 0 atom stereocenters. The van der Waals surface area contributed by atoms with Gasteiger partial charge in [0.15, 0.2) is 24.1 Å². The molecule has 1 heterocycles. The highest BCUT2D eigenvalue weighted by atomic mass is 32.2. The van der Waals surface area contributed by atoms with Gasteiger partial charge in [0.05, 0.1) is 10.6 Å². The van der Waals surface area contributed by atoms with E-state index in [9.17, 15) is 22.8 Å². The molecular formula is C18H12F3N3O3S. The third kappa shape index (κ3) is 4.71. The number of carbonyl (C=O) groups is 2. The number of rotatable bonds is 5. The van der Waals surface area contributed by atoms with Gasteiger partial charge in [-0.2, -0.15) is 0 Å². The first-order chi connectivity index (χ1) is 13.3. The number of primary amides is 1. The summed E-state index contributed by atoms with van der Waals surface area (Å²) in [6, 6.07) is 8.04. The number of thioether (sulfide) groups is 1. The summed E-state index contributed by atoms with van der Waals surface area (Å²) in [5, 5.41) is 2.02. The SMILES string of the molecule is NC(=O)COc1cccc(C=C2SC(=O)NC2=Nc2cc(F)c(F)c(F)c2)c1. The second kappa shape index (κ2) is 8.17. The van der Waals surface area contributed by atoms with Crippen molar-refractivity contribution >= 4 is 40.5 Å². The molecule has 3 N–H and O–H groups in total. The van der Waals surface area contributed by atoms with Crippen molar-refractivity contribution in [1.82, 2.24) is 5.32 Å². The van der Waals surface area contributed by atoms with Crippen LogP contribution in [0, 0.1) is 17.5 Å². The Morgan fingerprint density at radius 3 is 2.61 bits per heavy atom. The highest BCUT2D eigenvalue weighted by Gasteiger charge is 2.24. The van der Waals surface area contributed by atoms with Gasteiger partial charge >= 0.3 is 0 Å². The molecule has 0 unspecified atom stereocenters. The van der Waals surface area contributed by atoms with Crippen molar-refractivity contribution < 1.29 is 27.5 Å². The van der Waals surface area contributed by atoms with Gasteiger partial charge in [0.1, 0.15) is 11.6 Å². The van der Waals surface area contributed by atoms with E-state index in [4.69, 9.17) is 10.5 Å². The number of halogens is 3. The summed E-state index contributed by atoms with van der Waals surface area (Å²) in [5.41, 5.74) is 5.45. The molecule has 2 amide bonds. The molecular weight excluding hydrogens is 395 g/mol. The zero-order chi connectivity index (χ0) is 20.3. The molecule has 0 bridgehead atoms. The third-order valence-corrected chi connectivity index (χ3v) is 4.22. The molecule has 10 heteroatoms. The normalized spacial score (nSPS) is 16.5. The number of benzene rings is 2. The van der Waals surface area contributed by atoms with Crippen LogP contribution in [0.3, 0.4) is 0 Å². The predicted molar refractivity (Wildman–Crippen MR) is 98.6 cm³/mol. The standard InChI is InChI=1S/C18H12F3N3O3S/c19-12-6-10(7-13(20)16(12)21)23-17-14(28-18(26)24-17)5-9-2-1-3-11(4-9)27-8-15(22)25/h1-7H,8H2,(H2,22,25)(H,23,24,26). The fourth-order valence-electron chi connectivity index (χ4n) is 2.25. The Kier molecular flexibility index (Phi) is 5.69. The van der Waals surface area contributed by atoms with E-state index in [1.54, 1.807) is 30.3 Å². The lowest BCUT2D eigenvalue weighted by molar-refractivity contribution is -0.119. The molecule has 1 fully saturated rings. The van der Waals surface area contributed by atoms with Crippen LogP contribution in [0.25, 0.3) is 6.08 Å². The number of nitrogens with one attached hydrogen (secondary N) is 1. The first-order valence-corrected chi connectivity index (χ1v) is 8.59. The zero-order valence-corrected chi connectivity index (χ0v) is 14.9. The van der Waals surface area contributed by atoms with Gasteiger partial charge < -0.3 is 15.8 Å². The molecule has 1 aliphatic rings. The first-order valence-electron chi connectivity index (χ1n) is 7.77. The summed E-state index contributed by atoms with van der Waals surface area (Å²) in [5.74, 6) is -4.56. The Balaban J connectivity index is 1.91. The molecule has 0 radical (unpaired) electrons. The molecule has 3 rings (SSSR count). The van der Waals surface area contributed by atoms with E-state index in [-0.39, 0.29) is 18.1 Å². The molecule has 1 aliphatic heterocycles. The Hall–Kier alpha value is -3.27. The van der Waals surface area contributed by atoms with E-state index in [1.807, 2.05) is 0 Å². The Morgan fingerprint density at radius 2 is 1.93 bits per heavy atom. The van der Waals surface area contributed by atoms with Crippen LogP contribution in [-0.2, 0) is 4.79 Å². The van der Waals surface area contributed by atoms with Crippen LogP contribution >= 0.6 is 11.8 Å². The van der Waals surface area contributed by atoms with Gasteiger partial charge in [-0.3, -0.25) is 9.59 Å². The number of nitrogens with two attached hydrogens (primary N) is 1. The average Bonchev–Trinajstić information content (AvgIpc) is 2.97. The largest absolute Gasteiger partial charge is 0.484 e. The van der Waals surface area contributed by atoms with Crippen LogP contribution in [0.1, 0.15) is 5.56 Å². The molecule has 0 aromatic heterocycles. The molecule has 28 heavy (non-hydrogen) atoms. The second-order valence-electron chi connectivity index (χ2n) is 5.53. The minimum Gasteiger partial charge on any atom is -0.484 e. The lowest BCUT2D eigenvalue weighted by atomic mass is 10.2. The number of aliphatic imine (C=N–C) groups is 1. The smallest absolute Gasteiger partial charge is 0.289 e. The zero-order valence-electron chi connectivity index (χ0n) is 14.0. The van der Waals surface area contributed by atoms with Crippen LogP contribution in [0.15, 0.2) is 46.3 Å². The van der Waals surface area contributed by atoms with Crippen molar-refractivity contribution in [3.8, 4) is 5.75 Å². The molecule has 6 nitrogen and oxygen atoms in total. The lowest BCUT2D eigenvalue weighted by Crippen LogP contribution is -2.20. The van der Waals surface area contributed by atoms with Crippen molar-refractivity contribution in [2.75, 3.05) is 6.61 Å². The van der Waals surface area contributed by atoms with E-state index in [2.05, 4.69) is 10.3 Å². The monoisotopic (exact) mass is 407 g/mol. The van der Waals surface area contributed by atoms with Crippen molar-refractivity contribution in [2.45, 2.75) is 0 Å². The van der Waals surface area contributed by atoms with Crippen molar-refractivity contribution in [1.29, 1.82) is 0 Å². The summed E-state index contributed by atoms with van der Waals surface area (Å²) >= 11 is 0.827. The van der Waals surface area contributed by atoms with Crippen molar-refractivity contribution in [3.63, 3.8) is 0 Å². The summed E-state index contributed by atoms with van der Waals surface area (Å²) in [6.45, 7) is -0.288. The summed E-state index contributed by atoms with van der Waals surface area (Å²) in [4.78, 5) is 26.9. The van der Waals surface area contributed by atoms with Gasteiger partial charge in [0, 0.05) is 12.1 Å². The van der Waals surface area contributed by atoms with E-state index < -0.39 is 28.6 Å². The highest BCUT2D eigenvalue weighted by molar-refractivity contribution is 8.18. The number of amidine groups is 1. The second-order valence-corrected chi connectivity index (χ2v) is 6.55. The fourth-order valence-corrected chi connectivity index (χ4v) is 2.98. The Labute approximate surface area is 161 Å². The first kappa shape index (κ1) is 19.5. The van der Waals surface area contributed by atoms with Gasteiger partial charge in [-0.05, 0) is 35.5 Å².